The second kappa shape index (κ2) is 7.76. The Kier molecular flexibility index (Phi) is 6.32. The lowest BCUT2D eigenvalue weighted by atomic mass is 10.1. The molecule has 0 fully saturated rings. The van der Waals surface area contributed by atoms with Gasteiger partial charge in [-0.15, -0.1) is 12.4 Å². The fraction of sp³-hybridized carbons (Fsp3) is 0.385. The zero-order valence-electron chi connectivity index (χ0n) is 10.8. The Morgan fingerprint density at radius 3 is 2.89 bits per heavy atom. The lowest BCUT2D eigenvalue weighted by Crippen LogP contribution is -2.32. The molecule has 2 N–H and O–H groups in total. The van der Waals surface area contributed by atoms with Crippen LogP contribution in [0.2, 0.25) is 0 Å². The van der Waals surface area contributed by atoms with Gasteiger partial charge in [-0.1, -0.05) is 24.2 Å². The van der Waals surface area contributed by atoms with Crippen LogP contribution in [0.1, 0.15) is 12.6 Å². The molecule has 1 aromatic carbocycles. The SMILES string of the molecule is CCNCCNC(=O)Cc1noc2ccccc12.Cl. The smallest absolute Gasteiger partial charge is 0.226 e. The number of fused-ring (bicyclic) bond motifs is 1. The van der Waals surface area contributed by atoms with Gasteiger partial charge in [0.2, 0.25) is 5.91 Å². The summed E-state index contributed by atoms with van der Waals surface area (Å²) in [5.74, 6) is -0.0352. The Balaban J connectivity index is 0.00000180. The number of likely N-dealkylation sites (N-methyl/N-ethyl adjacent to an activating group) is 1. The molecular formula is C13H18ClN3O2. The lowest BCUT2D eigenvalue weighted by Gasteiger charge is -2.04. The van der Waals surface area contributed by atoms with Crippen molar-refractivity contribution in [1.82, 2.24) is 15.8 Å². The van der Waals surface area contributed by atoms with Crippen LogP contribution >= 0.6 is 12.4 Å². The van der Waals surface area contributed by atoms with Crippen molar-refractivity contribution in [3.63, 3.8) is 0 Å². The van der Waals surface area contributed by atoms with E-state index in [9.17, 15) is 4.79 Å². The van der Waals surface area contributed by atoms with E-state index in [1.807, 2.05) is 31.2 Å². The molecule has 104 valence electrons. The molecule has 0 aliphatic carbocycles. The van der Waals surface area contributed by atoms with Crippen molar-refractivity contribution >= 4 is 29.3 Å². The first-order chi connectivity index (χ1) is 8.81. The second-order valence-electron chi connectivity index (χ2n) is 4.01. The van der Waals surface area contributed by atoms with Crippen molar-refractivity contribution in [1.29, 1.82) is 0 Å². The number of carbonyl (C=O) groups is 1. The molecule has 0 saturated carbocycles. The summed E-state index contributed by atoms with van der Waals surface area (Å²) in [6.45, 7) is 4.34. The van der Waals surface area contributed by atoms with Gasteiger partial charge in [-0.3, -0.25) is 4.79 Å². The highest BCUT2D eigenvalue weighted by Crippen LogP contribution is 2.17. The van der Waals surface area contributed by atoms with Crippen LogP contribution in [0.4, 0.5) is 0 Å². The van der Waals surface area contributed by atoms with Gasteiger partial charge in [0, 0.05) is 18.5 Å². The fourth-order valence-corrected chi connectivity index (χ4v) is 1.75. The number of benzene rings is 1. The third-order valence-corrected chi connectivity index (χ3v) is 2.65. The van der Waals surface area contributed by atoms with Gasteiger partial charge in [0.05, 0.1) is 6.42 Å². The van der Waals surface area contributed by atoms with Crippen molar-refractivity contribution < 1.29 is 9.32 Å². The van der Waals surface area contributed by atoms with Gasteiger partial charge in [0.25, 0.3) is 0 Å². The van der Waals surface area contributed by atoms with E-state index in [1.165, 1.54) is 0 Å². The first-order valence-corrected chi connectivity index (χ1v) is 6.12. The minimum absolute atomic E-state index is 0. The number of nitrogens with zero attached hydrogens (tertiary/aromatic N) is 1. The molecule has 0 unspecified atom stereocenters. The lowest BCUT2D eigenvalue weighted by molar-refractivity contribution is -0.120. The van der Waals surface area contributed by atoms with E-state index in [0.717, 1.165) is 18.5 Å². The molecule has 0 radical (unpaired) electrons. The number of amides is 1. The number of hydrogen-bond donors (Lipinski definition) is 2. The van der Waals surface area contributed by atoms with E-state index < -0.39 is 0 Å². The Labute approximate surface area is 118 Å². The van der Waals surface area contributed by atoms with E-state index in [0.29, 0.717) is 17.8 Å². The molecule has 1 heterocycles. The summed E-state index contributed by atoms with van der Waals surface area (Å²) in [5.41, 5.74) is 1.40. The van der Waals surface area contributed by atoms with Gasteiger partial charge in [0.15, 0.2) is 5.58 Å². The molecule has 6 heteroatoms. The first kappa shape index (κ1) is 15.5. The molecule has 2 aromatic rings. The average Bonchev–Trinajstić information content (AvgIpc) is 2.78. The number of nitrogens with one attached hydrogen (secondary N) is 2. The highest BCUT2D eigenvalue weighted by molar-refractivity contribution is 5.86. The summed E-state index contributed by atoms with van der Waals surface area (Å²) in [4.78, 5) is 11.7. The Morgan fingerprint density at radius 1 is 1.32 bits per heavy atom. The van der Waals surface area contributed by atoms with E-state index in [2.05, 4.69) is 15.8 Å². The van der Waals surface area contributed by atoms with Crippen molar-refractivity contribution in [2.75, 3.05) is 19.6 Å². The predicted octanol–water partition coefficient (Wildman–Crippen LogP) is 1.52. The van der Waals surface area contributed by atoms with E-state index >= 15 is 0 Å². The van der Waals surface area contributed by atoms with Gasteiger partial charge in [0.1, 0.15) is 5.69 Å². The molecule has 0 atom stereocenters. The van der Waals surface area contributed by atoms with Gasteiger partial charge in [-0.05, 0) is 18.7 Å². The molecule has 0 aliphatic heterocycles. The molecule has 1 amide bonds. The maximum absolute atomic E-state index is 11.7. The van der Waals surface area contributed by atoms with Gasteiger partial charge in [-0.25, -0.2) is 0 Å². The Morgan fingerprint density at radius 2 is 2.11 bits per heavy atom. The normalized spacial score (nSPS) is 10.2. The molecule has 5 nitrogen and oxygen atoms in total. The average molecular weight is 284 g/mol. The standard InChI is InChI=1S/C13H17N3O2.ClH/c1-2-14-7-8-15-13(17)9-11-10-5-3-4-6-12(10)18-16-11;/h3-6,14H,2,7-9H2,1H3,(H,15,17);1H. The summed E-state index contributed by atoms with van der Waals surface area (Å²) in [7, 11) is 0. The largest absolute Gasteiger partial charge is 0.356 e. The maximum atomic E-state index is 11.7. The monoisotopic (exact) mass is 283 g/mol. The molecule has 0 aliphatic rings. The van der Waals surface area contributed by atoms with Crippen LogP contribution in [-0.2, 0) is 11.2 Å². The van der Waals surface area contributed by atoms with Crippen molar-refractivity contribution in [2.24, 2.45) is 0 Å². The Bertz CT molecular complexity index is 527. The number of halogens is 1. The van der Waals surface area contributed by atoms with Crippen LogP contribution in [0.3, 0.4) is 0 Å². The quantitative estimate of drug-likeness (QED) is 0.789. The van der Waals surface area contributed by atoms with E-state index in [1.54, 1.807) is 0 Å². The third kappa shape index (κ3) is 4.22. The maximum Gasteiger partial charge on any atom is 0.226 e. The molecule has 0 saturated heterocycles. The summed E-state index contributed by atoms with van der Waals surface area (Å²) < 4.78 is 5.15. The Hall–Kier alpha value is -1.59. The van der Waals surface area contributed by atoms with Gasteiger partial charge >= 0.3 is 0 Å². The number of para-hydroxylation sites is 1. The van der Waals surface area contributed by atoms with E-state index in [-0.39, 0.29) is 24.7 Å². The minimum atomic E-state index is -0.0352. The van der Waals surface area contributed by atoms with Crippen LogP contribution in [0.5, 0.6) is 0 Å². The zero-order chi connectivity index (χ0) is 12.8. The molecule has 0 spiro atoms. The van der Waals surface area contributed by atoms with Crippen LogP contribution in [0, 0.1) is 0 Å². The zero-order valence-corrected chi connectivity index (χ0v) is 11.6. The summed E-state index contributed by atoms with van der Waals surface area (Å²) in [6, 6.07) is 7.54. The highest BCUT2D eigenvalue weighted by Gasteiger charge is 2.11. The third-order valence-electron chi connectivity index (χ3n) is 2.65. The molecule has 19 heavy (non-hydrogen) atoms. The number of hydrogen-bond acceptors (Lipinski definition) is 4. The van der Waals surface area contributed by atoms with Crippen LogP contribution in [-0.4, -0.2) is 30.7 Å². The number of carbonyl (C=O) groups excluding carboxylic acids is 1. The first-order valence-electron chi connectivity index (χ1n) is 6.12. The van der Waals surface area contributed by atoms with E-state index in [4.69, 9.17) is 4.52 Å². The van der Waals surface area contributed by atoms with Crippen molar-refractivity contribution in [2.45, 2.75) is 13.3 Å². The topological polar surface area (TPSA) is 67.2 Å². The highest BCUT2D eigenvalue weighted by atomic mass is 35.5. The van der Waals surface area contributed by atoms with Crippen molar-refractivity contribution in [3.05, 3.63) is 30.0 Å². The second-order valence-corrected chi connectivity index (χ2v) is 4.01. The van der Waals surface area contributed by atoms with Crippen LogP contribution in [0.25, 0.3) is 11.0 Å². The van der Waals surface area contributed by atoms with Gasteiger partial charge in [-0.2, -0.15) is 0 Å². The number of rotatable bonds is 6. The molecule has 0 bridgehead atoms. The summed E-state index contributed by atoms with van der Waals surface area (Å²) >= 11 is 0. The van der Waals surface area contributed by atoms with Crippen LogP contribution < -0.4 is 10.6 Å². The van der Waals surface area contributed by atoms with Crippen molar-refractivity contribution in [3.8, 4) is 0 Å². The fourth-order valence-electron chi connectivity index (χ4n) is 1.75. The predicted molar refractivity (Wildman–Crippen MR) is 76.5 cm³/mol. The van der Waals surface area contributed by atoms with Crippen LogP contribution in [0.15, 0.2) is 28.8 Å². The summed E-state index contributed by atoms with van der Waals surface area (Å²) in [5, 5.41) is 10.8. The van der Waals surface area contributed by atoms with Gasteiger partial charge < -0.3 is 15.2 Å². The summed E-state index contributed by atoms with van der Waals surface area (Å²) in [6.07, 6.45) is 0.253. The molecular weight excluding hydrogens is 266 g/mol. The minimum Gasteiger partial charge on any atom is -0.356 e. The molecule has 2 rings (SSSR count). The number of aromatic nitrogens is 1. The molecule has 1 aromatic heterocycles.